The van der Waals surface area contributed by atoms with E-state index in [1.807, 2.05) is 6.92 Å². The lowest BCUT2D eigenvalue weighted by molar-refractivity contribution is -0.173. The summed E-state index contributed by atoms with van der Waals surface area (Å²) in [6.45, 7) is 2.36. The molecule has 1 fully saturated rings. The summed E-state index contributed by atoms with van der Waals surface area (Å²) < 4.78 is 0. The zero-order valence-corrected chi connectivity index (χ0v) is 7.16. The van der Waals surface area contributed by atoms with Crippen molar-refractivity contribution in [2.45, 2.75) is 32.3 Å². The highest BCUT2D eigenvalue weighted by Gasteiger charge is 2.28. The zero-order chi connectivity index (χ0) is 8.97. The highest BCUT2D eigenvalue weighted by atomic mass is 16.7. The van der Waals surface area contributed by atoms with Crippen molar-refractivity contribution in [2.75, 3.05) is 6.54 Å². The van der Waals surface area contributed by atoms with Crippen LogP contribution in [0.3, 0.4) is 0 Å². The number of rotatable bonds is 4. The van der Waals surface area contributed by atoms with Crippen LogP contribution >= 0.6 is 0 Å². The van der Waals surface area contributed by atoms with Crippen LogP contribution in [-0.4, -0.2) is 29.9 Å². The molecule has 0 bridgehead atoms. The van der Waals surface area contributed by atoms with E-state index in [2.05, 4.69) is 0 Å². The number of hydrogen-bond acceptors (Lipinski definition) is 3. The van der Waals surface area contributed by atoms with Crippen LogP contribution in [0.15, 0.2) is 0 Å². The van der Waals surface area contributed by atoms with E-state index in [0.29, 0.717) is 19.4 Å². The molecule has 0 radical (unpaired) electrons. The third-order valence-corrected chi connectivity index (χ3v) is 1.86. The number of amides is 1. The summed E-state index contributed by atoms with van der Waals surface area (Å²) in [5.41, 5.74) is 0. The van der Waals surface area contributed by atoms with Gasteiger partial charge in [0, 0.05) is 6.42 Å². The summed E-state index contributed by atoms with van der Waals surface area (Å²) >= 11 is 0. The Labute approximate surface area is 71.4 Å². The maximum atomic E-state index is 11.1. The first kappa shape index (κ1) is 9.19. The van der Waals surface area contributed by atoms with Crippen molar-refractivity contribution in [3.05, 3.63) is 0 Å². The number of carbonyl (C=O) groups is 2. The van der Waals surface area contributed by atoms with Gasteiger partial charge in [0.25, 0.3) is 0 Å². The van der Waals surface area contributed by atoms with E-state index in [9.17, 15) is 9.59 Å². The fourth-order valence-electron chi connectivity index (χ4n) is 1.14. The molecule has 68 valence electrons. The first-order chi connectivity index (χ1) is 5.77. The van der Waals surface area contributed by atoms with E-state index < -0.39 is 0 Å². The van der Waals surface area contributed by atoms with Gasteiger partial charge in [-0.1, -0.05) is 6.92 Å². The average Bonchev–Trinajstić information content (AvgIpc) is 2.43. The molecular weight excluding hydrogens is 158 g/mol. The van der Waals surface area contributed by atoms with E-state index >= 15 is 0 Å². The third kappa shape index (κ3) is 2.04. The Bertz CT molecular complexity index is 181. The molecule has 0 saturated carbocycles. The number of aldehydes is 1. The molecule has 1 rings (SSSR count). The predicted molar refractivity (Wildman–Crippen MR) is 42.2 cm³/mol. The van der Waals surface area contributed by atoms with Gasteiger partial charge < -0.3 is 4.79 Å². The van der Waals surface area contributed by atoms with Crippen LogP contribution in [0.2, 0.25) is 0 Å². The fraction of sp³-hybridized carbons (Fsp3) is 0.750. The summed E-state index contributed by atoms with van der Waals surface area (Å²) in [5, 5.41) is 1.29. The Morgan fingerprint density at radius 3 is 3.00 bits per heavy atom. The third-order valence-electron chi connectivity index (χ3n) is 1.86. The van der Waals surface area contributed by atoms with Crippen molar-refractivity contribution in [3.8, 4) is 0 Å². The second-order valence-electron chi connectivity index (χ2n) is 2.79. The smallest absolute Gasteiger partial charge is 0.248 e. The molecule has 0 aromatic rings. The first-order valence-electron chi connectivity index (χ1n) is 4.18. The number of hydrogen-bond donors (Lipinski definition) is 0. The molecule has 1 unspecified atom stereocenters. The highest BCUT2D eigenvalue weighted by Crippen LogP contribution is 2.17. The van der Waals surface area contributed by atoms with Crippen molar-refractivity contribution in [1.29, 1.82) is 0 Å². The lowest BCUT2D eigenvalue weighted by Crippen LogP contribution is -2.25. The van der Waals surface area contributed by atoms with Crippen LogP contribution in [0.1, 0.15) is 26.2 Å². The van der Waals surface area contributed by atoms with Gasteiger partial charge in [-0.3, -0.25) is 9.63 Å². The second-order valence-corrected chi connectivity index (χ2v) is 2.79. The van der Waals surface area contributed by atoms with Gasteiger partial charge in [0.15, 0.2) is 0 Å². The molecule has 0 N–H and O–H groups in total. The van der Waals surface area contributed by atoms with Crippen LogP contribution < -0.4 is 0 Å². The van der Waals surface area contributed by atoms with Crippen LogP contribution in [0.5, 0.6) is 0 Å². The Morgan fingerprint density at radius 1 is 1.75 bits per heavy atom. The summed E-state index contributed by atoms with van der Waals surface area (Å²) in [6, 6.07) is 0. The average molecular weight is 171 g/mol. The highest BCUT2D eigenvalue weighted by molar-refractivity contribution is 5.77. The molecule has 1 aliphatic rings. The van der Waals surface area contributed by atoms with Crippen molar-refractivity contribution in [3.63, 3.8) is 0 Å². The van der Waals surface area contributed by atoms with Gasteiger partial charge in [0.1, 0.15) is 6.29 Å². The Kier molecular flexibility index (Phi) is 3.22. The molecule has 1 heterocycles. The van der Waals surface area contributed by atoms with Crippen LogP contribution in [0.4, 0.5) is 0 Å². The summed E-state index contributed by atoms with van der Waals surface area (Å²) in [6.07, 6.45) is 2.45. The maximum absolute atomic E-state index is 11.1. The lowest BCUT2D eigenvalue weighted by atomic mass is 10.2. The molecule has 0 aliphatic carbocycles. The monoisotopic (exact) mass is 171 g/mol. The van der Waals surface area contributed by atoms with Crippen molar-refractivity contribution in [2.24, 2.45) is 0 Å². The van der Waals surface area contributed by atoms with E-state index in [1.165, 1.54) is 5.06 Å². The molecule has 1 saturated heterocycles. The number of hydroxylamine groups is 2. The minimum Gasteiger partial charge on any atom is -0.303 e. The van der Waals surface area contributed by atoms with Gasteiger partial charge in [-0.05, 0) is 6.42 Å². The number of nitrogens with zero attached hydrogens (tertiary/aromatic N) is 1. The molecular formula is C8H13NO3. The van der Waals surface area contributed by atoms with E-state index in [-0.39, 0.29) is 12.0 Å². The van der Waals surface area contributed by atoms with Gasteiger partial charge in [-0.15, -0.1) is 0 Å². The van der Waals surface area contributed by atoms with E-state index in [0.717, 1.165) is 12.7 Å². The largest absolute Gasteiger partial charge is 0.303 e. The molecule has 4 heteroatoms. The summed E-state index contributed by atoms with van der Waals surface area (Å²) in [5.74, 6) is -0.0105. The SMILES string of the molecule is CCC1CC(=O)N(CCC=O)O1. The molecule has 1 aliphatic heterocycles. The van der Waals surface area contributed by atoms with Crippen molar-refractivity contribution >= 4 is 12.2 Å². The molecule has 0 spiro atoms. The second kappa shape index (κ2) is 4.21. The lowest BCUT2D eigenvalue weighted by Gasteiger charge is -2.13. The Morgan fingerprint density at radius 2 is 2.50 bits per heavy atom. The molecule has 0 aromatic heterocycles. The van der Waals surface area contributed by atoms with Crippen molar-refractivity contribution in [1.82, 2.24) is 5.06 Å². The predicted octanol–water partition coefficient (Wildman–Crippen LogP) is 0.518. The summed E-state index contributed by atoms with van der Waals surface area (Å²) in [7, 11) is 0. The summed E-state index contributed by atoms with van der Waals surface area (Å²) in [4.78, 5) is 26.4. The Balaban J connectivity index is 2.35. The van der Waals surface area contributed by atoms with Crippen LogP contribution in [0.25, 0.3) is 0 Å². The molecule has 1 atom stereocenters. The van der Waals surface area contributed by atoms with Gasteiger partial charge in [-0.2, -0.15) is 0 Å². The van der Waals surface area contributed by atoms with Crippen molar-refractivity contribution < 1.29 is 14.4 Å². The minimum absolute atomic E-state index is 0.0105. The quantitative estimate of drug-likeness (QED) is 0.579. The maximum Gasteiger partial charge on any atom is 0.248 e. The molecule has 4 nitrogen and oxygen atoms in total. The van der Waals surface area contributed by atoms with Gasteiger partial charge in [0.05, 0.1) is 19.1 Å². The normalized spacial score (nSPS) is 23.2. The first-order valence-corrected chi connectivity index (χ1v) is 4.18. The molecule has 12 heavy (non-hydrogen) atoms. The van der Waals surface area contributed by atoms with Crippen LogP contribution in [0, 0.1) is 0 Å². The van der Waals surface area contributed by atoms with Gasteiger partial charge in [-0.25, -0.2) is 5.06 Å². The van der Waals surface area contributed by atoms with Gasteiger partial charge in [0.2, 0.25) is 5.91 Å². The standard InChI is InChI=1S/C8H13NO3/c1-2-7-6-8(11)9(12-7)4-3-5-10/h5,7H,2-4,6H2,1H3. The molecule has 0 aromatic carbocycles. The van der Waals surface area contributed by atoms with E-state index in [4.69, 9.17) is 4.84 Å². The Hall–Kier alpha value is -0.900. The van der Waals surface area contributed by atoms with Gasteiger partial charge >= 0.3 is 0 Å². The van der Waals surface area contributed by atoms with Crippen LogP contribution in [-0.2, 0) is 14.4 Å². The zero-order valence-electron chi connectivity index (χ0n) is 7.16. The topological polar surface area (TPSA) is 46.6 Å². The minimum atomic E-state index is -0.0105. The molecule has 1 amide bonds. The fourth-order valence-corrected chi connectivity index (χ4v) is 1.14. The van der Waals surface area contributed by atoms with E-state index in [1.54, 1.807) is 0 Å². The number of carbonyl (C=O) groups excluding carboxylic acids is 2.